The first-order valence-corrected chi connectivity index (χ1v) is 8.17. The lowest BCUT2D eigenvalue weighted by Gasteiger charge is -2.15. The molecule has 1 N–H and O–H groups in total. The molecule has 0 aliphatic rings. The van der Waals surface area contributed by atoms with Crippen LogP contribution in [0.2, 0.25) is 0 Å². The number of benzene rings is 2. The Kier molecular flexibility index (Phi) is 6.24. The average Bonchev–Trinajstić information content (AvgIpc) is 2.54. The lowest BCUT2D eigenvalue weighted by atomic mass is 10.1. The Balaban J connectivity index is 1.73. The predicted molar refractivity (Wildman–Crippen MR) is 95.7 cm³/mol. The van der Waals surface area contributed by atoms with Crippen LogP contribution in [-0.4, -0.2) is 25.2 Å². The molecule has 0 spiro atoms. The molecule has 0 radical (unpaired) electrons. The van der Waals surface area contributed by atoms with Gasteiger partial charge in [-0.1, -0.05) is 18.2 Å². The van der Waals surface area contributed by atoms with Crippen molar-refractivity contribution < 1.29 is 14.3 Å². The first-order valence-electron chi connectivity index (χ1n) is 8.17. The molecule has 2 aromatic rings. The molecule has 128 valence electrons. The highest BCUT2D eigenvalue weighted by Gasteiger charge is 2.14. The summed E-state index contributed by atoms with van der Waals surface area (Å²) in [6.45, 7) is 8.70. The van der Waals surface area contributed by atoms with Gasteiger partial charge in [-0.15, -0.1) is 0 Å². The molecular formula is C20H25NO3. The van der Waals surface area contributed by atoms with E-state index < -0.39 is 6.10 Å². The fourth-order valence-corrected chi connectivity index (χ4v) is 2.24. The summed E-state index contributed by atoms with van der Waals surface area (Å²) in [6, 6.07) is 13.6. The van der Waals surface area contributed by atoms with Gasteiger partial charge in [-0.3, -0.25) is 4.79 Å². The molecule has 0 bridgehead atoms. The molecule has 2 aromatic carbocycles. The number of carbonyl (C=O) groups is 1. The van der Waals surface area contributed by atoms with Crippen LogP contribution in [0, 0.1) is 20.8 Å². The van der Waals surface area contributed by atoms with Gasteiger partial charge in [-0.2, -0.15) is 0 Å². The molecule has 4 heteroatoms. The number of rotatable bonds is 7. The quantitative estimate of drug-likeness (QED) is 0.791. The van der Waals surface area contributed by atoms with Crippen LogP contribution in [0.4, 0.5) is 0 Å². The Morgan fingerprint density at radius 1 is 1.04 bits per heavy atom. The minimum Gasteiger partial charge on any atom is -0.492 e. The van der Waals surface area contributed by atoms with Crippen molar-refractivity contribution in [1.29, 1.82) is 0 Å². The predicted octanol–water partition coefficient (Wildman–Crippen LogP) is 3.57. The maximum absolute atomic E-state index is 12.1. The molecule has 2 rings (SSSR count). The van der Waals surface area contributed by atoms with E-state index in [-0.39, 0.29) is 5.91 Å². The van der Waals surface area contributed by atoms with Crippen LogP contribution in [0.5, 0.6) is 11.5 Å². The average molecular weight is 327 g/mol. The highest BCUT2D eigenvalue weighted by atomic mass is 16.5. The Bertz CT molecular complexity index is 697. The van der Waals surface area contributed by atoms with Crippen LogP contribution >= 0.6 is 0 Å². The number of hydrogen-bond donors (Lipinski definition) is 1. The van der Waals surface area contributed by atoms with Crippen LogP contribution < -0.4 is 14.8 Å². The number of nitrogens with one attached hydrogen (secondary N) is 1. The van der Waals surface area contributed by atoms with Gasteiger partial charge in [-0.05, 0) is 68.7 Å². The molecule has 4 nitrogen and oxygen atoms in total. The van der Waals surface area contributed by atoms with E-state index in [4.69, 9.17) is 9.47 Å². The molecular weight excluding hydrogens is 302 g/mol. The molecule has 0 aliphatic carbocycles. The number of amides is 1. The largest absolute Gasteiger partial charge is 0.492 e. The third-order valence-corrected chi connectivity index (χ3v) is 3.82. The lowest BCUT2D eigenvalue weighted by Crippen LogP contribution is -2.38. The van der Waals surface area contributed by atoms with Gasteiger partial charge in [0.05, 0.1) is 6.54 Å². The summed E-state index contributed by atoms with van der Waals surface area (Å²) in [5.74, 6) is 1.36. The third kappa shape index (κ3) is 5.30. The van der Waals surface area contributed by atoms with Gasteiger partial charge >= 0.3 is 0 Å². The molecule has 0 unspecified atom stereocenters. The molecule has 0 fully saturated rings. The number of hydrogen-bond acceptors (Lipinski definition) is 3. The summed E-state index contributed by atoms with van der Waals surface area (Å²) in [5.41, 5.74) is 3.52. The summed E-state index contributed by atoms with van der Waals surface area (Å²) in [6.07, 6.45) is -0.548. The fourth-order valence-electron chi connectivity index (χ4n) is 2.24. The molecule has 0 aromatic heterocycles. The molecule has 1 amide bonds. The van der Waals surface area contributed by atoms with Gasteiger partial charge in [0.2, 0.25) is 0 Å². The van der Waals surface area contributed by atoms with E-state index in [2.05, 4.69) is 12.2 Å². The number of ether oxygens (including phenoxy) is 2. The van der Waals surface area contributed by atoms with Crippen molar-refractivity contribution in [1.82, 2.24) is 5.32 Å². The Morgan fingerprint density at radius 2 is 1.83 bits per heavy atom. The minimum atomic E-state index is -0.548. The highest BCUT2D eigenvalue weighted by Crippen LogP contribution is 2.16. The Morgan fingerprint density at radius 3 is 2.54 bits per heavy atom. The number of carbonyl (C=O) groups excluding carboxylic acids is 1. The van der Waals surface area contributed by atoms with Gasteiger partial charge in [0.15, 0.2) is 6.10 Å². The van der Waals surface area contributed by atoms with Gasteiger partial charge in [0.1, 0.15) is 18.1 Å². The Hall–Kier alpha value is -2.49. The molecule has 1 atom stereocenters. The second-order valence-corrected chi connectivity index (χ2v) is 5.96. The van der Waals surface area contributed by atoms with E-state index >= 15 is 0 Å². The second kappa shape index (κ2) is 8.39. The molecule has 24 heavy (non-hydrogen) atoms. The zero-order valence-corrected chi connectivity index (χ0v) is 14.8. The van der Waals surface area contributed by atoms with E-state index in [1.807, 2.05) is 56.3 Å². The highest BCUT2D eigenvalue weighted by molar-refractivity contribution is 5.80. The summed E-state index contributed by atoms with van der Waals surface area (Å²) in [5, 5.41) is 2.82. The minimum absolute atomic E-state index is 0.153. The van der Waals surface area contributed by atoms with Crippen molar-refractivity contribution in [2.45, 2.75) is 33.8 Å². The maximum Gasteiger partial charge on any atom is 0.260 e. The Labute approximate surface area is 143 Å². The summed E-state index contributed by atoms with van der Waals surface area (Å²) >= 11 is 0. The van der Waals surface area contributed by atoms with E-state index in [1.165, 1.54) is 11.1 Å². The van der Waals surface area contributed by atoms with Gasteiger partial charge in [0.25, 0.3) is 5.91 Å². The zero-order chi connectivity index (χ0) is 17.5. The van der Waals surface area contributed by atoms with Crippen LogP contribution in [0.1, 0.15) is 23.6 Å². The molecule has 0 aliphatic heterocycles. The van der Waals surface area contributed by atoms with Crippen molar-refractivity contribution in [2.75, 3.05) is 13.2 Å². The maximum atomic E-state index is 12.1. The lowest BCUT2D eigenvalue weighted by molar-refractivity contribution is -0.127. The second-order valence-electron chi connectivity index (χ2n) is 5.96. The van der Waals surface area contributed by atoms with Crippen molar-refractivity contribution in [3.8, 4) is 11.5 Å². The zero-order valence-electron chi connectivity index (χ0n) is 14.8. The van der Waals surface area contributed by atoms with Gasteiger partial charge in [0, 0.05) is 0 Å². The van der Waals surface area contributed by atoms with E-state index in [9.17, 15) is 4.79 Å². The van der Waals surface area contributed by atoms with E-state index in [1.54, 1.807) is 6.92 Å². The number of aryl methyl sites for hydroxylation is 3. The van der Waals surface area contributed by atoms with Gasteiger partial charge in [-0.25, -0.2) is 0 Å². The normalized spacial score (nSPS) is 11.7. The van der Waals surface area contributed by atoms with Crippen molar-refractivity contribution in [3.05, 3.63) is 59.2 Å². The van der Waals surface area contributed by atoms with Crippen LogP contribution in [0.3, 0.4) is 0 Å². The van der Waals surface area contributed by atoms with Gasteiger partial charge < -0.3 is 14.8 Å². The molecule has 0 heterocycles. The topological polar surface area (TPSA) is 47.6 Å². The van der Waals surface area contributed by atoms with Crippen molar-refractivity contribution in [2.24, 2.45) is 0 Å². The van der Waals surface area contributed by atoms with Crippen LogP contribution in [-0.2, 0) is 4.79 Å². The molecule has 0 saturated carbocycles. The standard InChI is InChI=1S/C20H25NO3/c1-14-6-5-7-19(12-14)24-17(4)20(22)21-10-11-23-18-9-8-15(2)16(3)13-18/h5-9,12-13,17H,10-11H2,1-4H3,(H,21,22)/t17-/m1/s1. The smallest absolute Gasteiger partial charge is 0.260 e. The first kappa shape index (κ1) is 17.9. The fraction of sp³-hybridized carbons (Fsp3) is 0.350. The monoisotopic (exact) mass is 327 g/mol. The SMILES string of the molecule is Cc1cccc(O[C@H](C)C(=O)NCCOc2ccc(C)c(C)c2)c1. The van der Waals surface area contributed by atoms with Crippen molar-refractivity contribution in [3.63, 3.8) is 0 Å². The molecule has 0 saturated heterocycles. The van der Waals surface area contributed by atoms with Crippen LogP contribution in [0.15, 0.2) is 42.5 Å². The van der Waals surface area contributed by atoms with Crippen LogP contribution in [0.25, 0.3) is 0 Å². The third-order valence-electron chi connectivity index (χ3n) is 3.82. The summed E-state index contributed by atoms with van der Waals surface area (Å²) < 4.78 is 11.3. The van der Waals surface area contributed by atoms with E-state index in [0.717, 1.165) is 11.3 Å². The van der Waals surface area contributed by atoms with Crippen molar-refractivity contribution >= 4 is 5.91 Å². The summed E-state index contributed by atoms with van der Waals surface area (Å²) in [7, 11) is 0. The summed E-state index contributed by atoms with van der Waals surface area (Å²) in [4.78, 5) is 12.1. The first-order chi connectivity index (χ1) is 11.5. The van der Waals surface area contributed by atoms with E-state index in [0.29, 0.717) is 18.9 Å².